The largest absolute Gasteiger partial charge is 0.491 e. The Kier molecular flexibility index (Phi) is 5.00. The molecule has 2 unspecified atom stereocenters. The van der Waals surface area contributed by atoms with Crippen LogP contribution in [0.2, 0.25) is 0 Å². The van der Waals surface area contributed by atoms with Gasteiger partial charge < -0.3 is 9.84 Å². The summed E-state index contributed by atoms with van der Waals surface area (Å²) in [5.74, 6) is -11.6. The number of halogens is 7. The number of carboxylic acid groups (broad SMARTS) is 1. The van der Waals surface area contributed by atoms with Crippen molar-refractivity contribution in [2.75, 3.05) is 7.11 Å². The van der Waals surface area contributed by atoms with Crippen molar-refractivity contribution in [2.45, 2.75) is 26.4 Å². The molecule has 2 atom stereocenters. The summed E-state index contributed by atoms with van der Waals surface area (Å²) >= 11 is 0. The van der Waals surface area contributed by atoms with Crippen molar-refractivity contribution < 1.29 is 45.4 Å². The predicted octanol–water partition coefficient (Wildman–Crippen LogP) is 4.64. The smallest absolute Gasteiger partial charge is 0.409 e. The molecule has 1 fully saturated rings. The van der Waals surface area contributed by atoms with Crippen LogP contribution in [-0.4, -0.2) is 24.4 Å². The maximum absolute atomic E-state index is 14.2. The summed E-state index contributed by atoms with van der Waals surface area (Å²) in [6.07, 6.45) is -5.36. The van der Waals surface area contributed by atoms with Gasteiger partial charge in [0.25, 0.3) is 0 Å². The second-order valence-electron chi connectivity index (χ2n) is 6.82. The van der Waals surface area contributed by atoms with Crippen LogP contribution >= 0.6 is 0 Å². The van der Waals surface area contributed by atoms with Crippen LogP contribution in [0, 0.1) is 40.0 Å². The molecule has 2 rings (SSSR count). The van der Waals surface area contributed by atoms with Crippen molar-refractivity contribution >= 4 is 5.97 Å². The fourth-order valence-corrected chi connectivity index (χ4v) is 3.60. The van der Waals surface area contributed by atoms with E-state index in [-0.39, 0.29) is 6.08 Å². The van der Waals surface area contributed by atoms with E-state index in [1.165, 1.54) is 13.8 Å². The molecule has 0 saturated heterocycles. The summed E-state index contributed by atoms with van der Waals surface area (Å²) in [6, 6.07) is 0. The molecule has 0 bridgehead atoms. The van der Waals surface area contributed by atoms with Crippen LogP contribution in [0.25, 0.3) is 0 Å². The van der Waals surface area contributed by atoms with Gasteiger partial charge in [-0.15, -0.1) is 0 Å². The molecule has 0 aliphatic heterocycles. The summed E-state index contributed by atoms with van der Waals surface area (Å²) in [7, 11) is 0.779. The van der Waals surface area contributed by atoms with E-state index < -0.39 is 69.9 Å². The SMILES string of the molecule is COc1c(F)c(F)c(CC2(C(=O)O)C(C=CC(F)(F)F)C2(C)C)c(F)c1F. The highest BCUT2D eigenvalue weighted by molar-refractivity contribution is 5.82. The van der Waals surface area contributed by atoms with E-state index in [1.807, 2.05) is 0 Å². The molecule has 0 aromatic heterocycles. The van der Waals surface area contributed by atoms with E-state index in [0.717, 1.165) is 7.11 Å². The number of methoxy groups -OCH3 is 1. The number of benzene rings is 1. The van der Waals surface area contributed by atoms with Gasteiger partial charge >= 0.3 is 12.1 Å². The van der Waals surface area contributed by atoms with E-state index in [1.54, 1.807) is 0 Å². The number of rotatable bonds is 5. The molecule has 0 radical (unpaired) electrons. The zero-order valence-corrected chi connectivity index (χ0v) is 14.3. The van der Waals surface area contributed by atoms with E-state index in [0.29, 0.717) is 6.08 Å². The maximum Gasteiger partial charge on any atom is 0.409 e. The van der Waals surface area contributed by atoms with Crippen molar-refractivity contribution in [1.82, 2.24) is 0 Å². The third kappa shape index (κ3) is 3.14. The minimum Gasteiger partial charge on any atom is -0.491 e. The number of carbonyl (C=O) groups is 1. The number of allylic oxidation sites excluding steroid dienone is 2. The molecule has 3 nitrogen and oxygen atoms in total. The zero-order valence-electron chi connectivity index (χ0n) is 14.3. The van der Waals surface area contributed by atoms with Gasteiger partial charge in [0.1, 0.15) is 0 Å². The van der Waals surface area contributed by atoms with Crippen LogP contribution in [0.15, 0.2) is 12.2 Å². The molecule has 1 aliphatic rings. The van der Waals surface area contributed by atoms with Crippen LogP contribution in [0.4, 0.5) is 30.7 Å². The van der Waals surface area contributed by atoms with Gasteiger partial charge in [-0.3, -0.25) is 4.79 Å². The number of hydrogen-bond donors (Lipinski definition) is 1. The minimum atomic E-state index is -4.72. The van der Waals surface area contributed by atoms with Gasteiger partial charge in [-0.25, -0.2) is 8.78 Å². The second-order valence-corrected chi connectivity index (χ2v) is 6.82. The average Bonchev–Trinajstić information content (AvgIpc) is 3.03. The Morgan fingerprint density at radius 2 is 1.59 bits per heavy atom. The van der Waals surface area contributed by atoms with Crippen LogP contribution in [0.1, 0.15) is 19.4 Å². The minimum absolute atomic E-state index is 0.175. The van der Waals surface area contributed by atoms with Crippen molar-refractivity contribution in [2.24, 2.45) is 16.7 Å². The summed E-state index contributed by atoms with van der Waals surface area (Å²) < 4.78 is 97.7. The quantitative estimate of drug-likeness (QED) is 0.445. The van der Waals surface area contributed by atoms with E-state index in [4.69, 9.17) is 0 Å². The van der Waals surface area contributed by atoms with Crippen molar-refractivity contribution in [3.63, 3.8) is 0 Å². The van der Waals surface area contributed by atoms with Crippen LogP contribution in [-0.2, 0) is 11.2 Å². The van der Waals surface area contributed by atoms with E-state index in [2.05, 4.69) is 4.74 Å². The van der Waals surface area contributed by atoms with Crippen molar-refractivity contribution in [1.29, 1.82) is 0 Å². The van der Waals surface area contributed by atoms with Crippen molar-refractivity contribution in [3.05, 3.63) is 41.0 Å². The summed E-state index contributed by atoms with van der Waals surface area (Å²) in [6.45, 7) is 2.58. The lowest BCUT2D eigenvalue weighted by Crippen LogP contribution is -2.26. The highest BCUT2D eigenvalue weighted by atomic mass is 19.4. The number of alkyl halides is 3. The lowest BCUT2D eigenvalue weighted by molar-refractivity contribution is -0.145. The number of ether oxygens (including phenoxy) is 1. The highest BCUT2D eigenvalue weighted by Crippen LogP contribution is 2.71. The number of aliphatic carboxylic acids is 1. The van der Waals surface area contributed by atoms with Gasteiger partial charge in [0.15, 0.2) is 17.4 Å². The standard InChI is InChI=1S/C17H15F7O3/c1-15(2)8(4-5-17(22,23)24)16(15,14(25)26)6-7-9(18)11(20)13(27-3)12(21)10(7)19/h4-5,8H,6H2,1-3H3,(H,25,26). The molecule has 1 aromatic rings. The number of carboxylic acids is 1. The molecule has 1 aromatic carbocycles. The summed E-state index contributed by atoms with van der Waals surface area (Å²) in [5.41, 5.74) is -4.64. The average molecular weight is 400 g/mol. The highest BCUT2D eigenvalue weighted by Gasteiger charge is 2.74. The zero-order chi connectivity index (χ0) is 20.9. The van der Waals surface area contributed by atoms with E-state index in [9.17, 15) is 40.6 Å². The fourth-order valence-electron chi connectivity index (χ4n) is 3.60. The number of hydrogen-bond acceptors (Lipinski definition) is 2. The third-order valence-corrected chi connectivity index (χ3v) is 5.21. The Labute approximate surface area is 149 Å². The summed E-state index contributed by atoms with van der Waals surface area (Å²) in [4.78, 5) is 11.8. The Balaban J connectivity index is 2.57. The molecule has 0 heterocycles. The molecular weight excluding hydrogens is 385 g/mol. The monoisotopic (exact) mass is 400 g/mol. The van der Waals surface area contributed by atoms with Crippen molar-refractivity contribution in [3.8, 4) is 5.75 Å². The Bertz CT molecular complexity index is 785. The topological polar surface area (TPSA) is 46.5 Å². The first-order chi connectivity index (χ1) is 12.2. The van der Waals surface area contributed by atoms with Gasteiger partial charge in [-0.2, -0.15) is 22.0 Å². The van der Waals surface area contributed by atoms with Gasteiger partial charge in [0, 0.05) is 17.6 Å². The van der Waals surface area contributed by atoms with Crippen LogP contribution < -0.4 is 4.74 Å². The first kappa shape index (κ1) is 21.0. The molecule has 1 saturated carbocycles. The lowest BCUT2D eigenvalue weighted by atomic mass is 9.87. The van der Waals surface area contributed by atoms with E-state index >= 15 is 0 Å². The van der Waals surface area contributed by atoms with Crippen LogP contribution in [0.3, 0.4) is 0 Å². The normalized spacial score (nSPS) is 24.3. The molecule has 150 valence electrons. The fraction of sp³-hybridized carbons (Fsp3) is 0.471. The van der Waals surface area contributed by atoms with Gasteiger partial charge in [0.2, 0.25) is 11.6 Å². The first-order valence-electron chi connectivity index (χ1n) is 7.60. The maximum atomic E-state index is 14.2. The predicted molar refractivity (Wildman–Crippen MR) is 79.1 cm³/mol. The second kappa shape index (κ2) is 6.42. The molecule has 1 N–H and O–H groups in total. The molecular formula is C17H15F7O3. The van der Waals surface area contributed by atoms with Gasteiger partial charge in [-0.1, -0.05) is 19.9 Å². The van der Waals surface area contributed by atoms with Gasteiger partial charge in [-0.05, 0) is 11.8 Å². The van der Waals surface area contributed by atoms with Crippen LogP contribution in [0.5, 0.6) is 5.75 Å². The summed E-state index contributed by atoms with van der Waals surface area (Å²) in [5, 5.41) is 9.55. The third-order valence-electron chi connectivity index (χ3n) is 5.21. The van der Waals surface area contributed by atoms with Gasteiger partial charge in [0.05, 0.1) is 12.5 Å². The Hall–Kier alpha value is -2.26. The molecule has 10 heteroatoms. The molecule has 27 heavy (non-hydrogen) atoms. The Morgan fingerprint density at radius 1 is 1.11 bits per heavy atom. The molecule has 1 aliphatic carbocycles. The first-order valence-corrected chi connectivity index (χ1v) is 7.60. The lowest BCUT2D eigenvalue weighted by Gasteiger charge is -2.18. The molecule has 0 amide bonds. The molecule has 0 spiro atoms. The Morgan fingerprint density at radius 3 is 1.96 bits per heavy atom.